The van der Waals surface area contributed by atoms with Gasteiger partial charge in [0, 0.05) is 19.1 Å². The Morgan fingerprint density at radius 3 is 2.23 bits per heavy atom. The van der Waals surface area contributed by atoms with E-state index in [4.69, 9.17) is 0 Å². The van der Waals surface area contributed by atoms with Gasteiger partial charge in [0.05, 0.1) is 11.8 Å². The van der Waals surface area contributed by atoms with Gasteiger partial charge in [-0.3, -0.25) is 4.79 Å². The highest BCUT2D eigenvalue weighted by Crippen LogP contribution is 2.23. The fourth-order valence-electron chi connectivity index (χ4n) is 2.13. The van der Waals surface area contributed by atoms with Crippen LogP contribution in [-0.2, 0) is 14.8 Å². The third kappa shape index (κ3) is 5.24. The highest BCUT2D eigenvalue weighted by Gasteiger charge is 2.35. The maximum Gasteiger partial charge on any atom is 0.315 e. The Morgan fingerprint density at radius 1 is 1.23 bits per heavy atom. The summed E-state index contributed by atoms with van der Waals surface area (Å²) in [6.45, 7) is 9.57. The van der Waals surface area contributed by atoms with Crippen LogP contribution >= 0.6 is 0 Å². The molecule has 128 valence electrons. The van der Waals surface area contributed by atoms with Crippen LogP contribution in [0.3, 0.4) is 0 Å². The Morgan fingerprint density at radius 2 is 1.82 bits per heavy atom. The summed E-state index contributed by atoms with van der Waals surface area (Å²) in [5.74, 6) is 0.0295. The first-order chi connectivity index (χ1) is 9.93. The number of hydrogen-bond acceptors (Lipinski definition) is 4. The van der Waals surface area contributed by atoms with Gasteiger partial charge >= 0.3 is 6.03 Å². The highest BCUT2D eigenvalue weighted by atomic mass is 32.2. The number of ketones is 1. The summed E-state index contributed by atoms with van der Waals surface area (Å²) in [6, 6.07) is -1.38. The van der Waals surface area contributed by atoms with Crippen LogP contribution in [-0.4, -0.2) is 55.5 Å². The first-order valence-electron chi connectivity index (χ1n) is 7.49. The molecule has 0 radical (unpaired) electrons. The fourth-order valence-corrected chi connectivity index (χ4v) is 3.67. The van der Waals surface area contributed by atoms with Gasteiger partial charge in [-0.15, -0.1) is 0 Å². The van der Waals surface area contributed by atoms with E-state index in [0.717, 1.165) is 0 Å². The van der Waals surface area contributed by atoms with Crippen LogP contribution < -0.4 is 10.6 Å². The van der Waals surface area contributed by atoms with Gasteiger partial charge in [-0.2, -0.15) is 4.31 Å². The van der Waals surface area contributed by atoms with Crippen LogP contribution in [0.1, 0.15) is 41.0 Å². The lowest BCUT2D eigenvalue weighted by Gasteiger charge is -2.34. The Kier molecular flexibility index (Phi) is 5.97. The highest BCUT2D eigenvalue weighted by molar-refractivity contribution is 7.89. The third-order valence-corrected chi connectivity index (χ3v) is 5.82. The fraction of sp³-hybridized carbons (Fsp3) is 0.857. The summed E-state index contributed by atoms with van der Waals surface area (Å²) in [7, 11) is -3.21. The first kappa shape index (κ1) is 18.9. The van der Waals surface area contributed by atoms with Gasteiger partial charge in [-0.25, -0.2) is 13.2 Å². The van der Waals surface area contributed by atoms with Crippen molar-refractivity contribution in [3.8, 4) is 0 Å². The molecule has 2 atom stereocenters. The molecule has 0 bridgehead atoms. The van der Waals surface area contributed by atoms with Gasteiger partial charge in [0.25, 0.3) is 0 Å². The maximum absolute atomic E-state index is 12.0. The van der Waals surface area contributed by atoms with Crippen LogP contribution in [0.2, 0.25) is 0 Å². The van der Waals surface area contributed by atoms with Crippen LogP contribution in [0.15, 0.2) is 0 Å². The molecule has 22 heavy (non-hydrogen) atoms. The number of sulfonamides is 1. The third-order valence-electron chi connectivity index (χ3n) is 3.90. The van der Waals surface area contributed by atoms with Crippen molar-refractivity contribution in [2.45, 2.75) is 53.1 Å². The molecule has 0 aromatic carbocycles. The minimum atomic E-state index is -3.21. The van der Waals surface area contributed by atoms with Crippen LogP contribution in [0.4, 0.5) is 4.79 Å². The first-order valence-corrected chi connectivity index (χ1v) is 9.09. The van der Waals surface area contributed by atoms with Gasteiger partial charge in [-0.1, -0.05) is 20.8 Å². The van der Waals surface area contributed by atoms with E-state index >= 15 is 0 Å². The van der Waals surface area contributed by atoms with E-state index in [1.165, 1.54) is 11.2 Å². The molecule has 0 saturated carbocycles. The van der Waals surface area contributed by atoms with E-state index in [-0.39, 0.29) is 29.5 Å². The van der Waals surface area contributed by atoms with Gasteiger partial charge in [0.1, 0.15) is 0 Å². The van der Waals surface area contributed by atoms with Crippen molar-refractivity contribution >= 4 is 21.8 Å². The summed E-state index contributed by atoms with van der Waals surface area (Å²) in [6.07, 6.45) is 0.618. The molecule has 0 aromatic heterocycles. The van der Waals surface area contributed by atoms with Gasteiger partial charge in [-0.05, 0) is 25.7 Å². The monoisotopic (exact) mass is 333 g/mol. The van der Waals surface area contributed by atoms with Gasteiger partial charge in [0.2, 0.25) is 10.0 Å². The van der Waals surface area contributed by atoms with Gasteiger partial charge in [0.15, 0.2) is 5.78 Å². The zero-order chi connectivity index (χ0) is 17.1. The number of Topliss-reactive ketones (excluding diaryl/α,β-unsaturated/α-hetero) is 1. The summed E-state index contributed by atoms with van der Waals surface area (Å²) in [5.41, 5.74) is -0.311. The zero-order valence-corrected chi connectivity index (χ0v) is 14.8. The molecule has 8 heteroatoms. The number of urea groups is 1. The predicted octanol–water partition coefficient (Wildman–Crippen LogP) is 0.713. The van der Waals surface area contributed by atoms with Crippen LogP contribution in [0.25, 0.3) is 0 Å². The normalized spacial score (nSPS) is 21.1. The summed E-state index contributed by atoms with van der Waals surface area (Å²) >= 11 is 0. The molecule has 1 aliphatic heterocycles. The van der Waals surface area contributed by atoms with E-state index in [1.54, 1.807) is 6.92 Å². The Balaban J connectivity index is 2.74. The number of carbonyl (C=O) groups excluding carboxylic acids is 2. The average molecular weight is 333 g/mol. The minimum Gasteiger partial charge on any atom is -0.334 e. The second-order valence-electron chi connectivity index (χ2n) is 6.90. The molecule has 1 unspecified atom stereocenters. The average Bonchev–Trinajstić information content (AvgIpc) is 2.66. The van der Waals surface area contributed by atoms with Crippen molar-refractivity contribution in [2.24, 2.45) is 5.41 Å². The Bertz CT molecular complexity index is 525. The lowest BCUT2D eigenvalue weighted by Crippen LogP contribution is -2.55. The summed E-state index contributed by atoms with van der Waals surface area (Å²) in [5, 5.41) is 5.36. The molecule has 1 saturated heterocycles. The van der Waals surface area contributed by atoms with Gasteiger partial charge < -0.3 is 10.6 Å². The number of rotatable bonds is 5. The van der Waals surface area contributed by atoms with Crippen molar-refractivity contribution < 1.29 is 18.0 Å². The standard InChI is InChI=1S/C14H27N3O4S/c1-10(11(2)18)15-13(19)16-12(14(3,4)5)9-17-7-6-8-22(17,20)21/h10,12H,6-9H2,1-5H3,(H2,15,16,19)/t10?,12-/m1/s1. The predicted molar refractivity (Wildman–Crippen MR) is 85.0 cm³/mol. The smallest absolute Gasteiger partial charge is 0.315 e. The SMILES string of the molecule is CC(=O)C(C)NC(=O)N[C@H](CN1CCCS1(=O)=O)C(C)(C)C. The largest absolute Gasteiger partial charge is 0.334 e. The molecule has 1 rings (SSSR count). The molecule has 1 heterocycles. The topological polar surface area (TPSA) is 95.6 Å². The molecule has 0 aliphatic carbocycles. The number of nitrogens with one attached hydrogen (secondary N) is 2. The van der Waals surface area contributed by atoms with Crippen LogP contribution in [0, 0.1) is 5.41 Å². The quantitative estimate of drug-likeness (QED) is 0.774. The Labute approximate surface area is 132 Å². The lowest BCUT2D eigenvalue weighted by molar-refractivity contribution is -0.118. The lowest BCUT2D eigenvalue weighted by atomic mass is 9.86. The number of nitrogens with zero attached hydrogens (tertiary/aromatic N) is 1. The van der Waals surface area contributed by atoms with Crippen molar-refractivity contribution in [2.75, 3.05) is 18.8 Å². The molecule has 2 N–H and O–H groups in total. The van der Waals surface area contributed by atoms with E-state index in [2.05, 4.69) is 10.6 Å². The zero-order valence-electron chi connectivity index (χ0n) is 14.0. The van der Waals surface area contributed by atoms with Crippen LogP contribution in [0.5, 0.6) is 0 Å². The number of amides is 2. The summed E-state index contributed by atoms with van der Waals surface area (Å²) < 4.78 is 25.3. The van der Waals surface area contributed by atoms with E-state index < -0.39 is 22.1 Å². The van der Waals surface area contributed by atoms with Crippen molar-refractivity contribution in [1.82, 2.24) is 14.9 Å². The minimum absolute atomic E-state index is 0.135. The van der Waals surface area contributed by atoms with E-state index in [1.807, 2.05) is 20.8 Å². The molecule has 2 amide bonds. The molecule has 0 aromatic rings. The Hall–Kier alpha value is -1.15. The maximum atomic E-state index is 12.0. The number of hydrogen-bond donors (Lipinski definition) is 2. The second-order valence-corrected chi connectivity index (χ2v) is 8.98. The van der Waals surface area contributed by atoms with E-state index in [0.29, 0.717) is 13.0 Å². The molecule has 0 spiro atoms. The molecular weight excluding hydrogens is 306 g/mol. The van der Waals surface area contributed by atoms with Crippen molar-refractivity contribution in [3.63, 3.8) is 0 Å². The van der Waals surface area contributed by atoms with Crippen molar-refractivity contribution in [1.29, 1.82) is 0 Å². The molecule has 7 nitrogen and oxygen atoms in total. The molecular formula is C14H27N3O4S. The van der Waals surface area contributed by atoms with E-state index in [9.17, 15) is 18.0 Å². The van der Waals surface area contributed by atoms with Crippen molar-refractivity contribution in [3.05, 3.63) is 0 Å². The number of carbonyl (C=O) groups is 2. The molecule has 1 aliphatic rings. The molecule has 1 fully saturated rings. The second kappa shape index (κ2) is 6.95. The summed E-state index contributed by atoms with van der Waals surface area (Å²) in [4.78, 5) is 23.2.